The van der Waals surface area contributed by atoms with E-state index in [2.05, 4.69) is 156 Å². The summed E-state index contributed by atoms with van der Waals surface area (Å²) in [6, 6.07) is 55.5. The van der Waals surface area contributed by atoms with Gasteiger partial charge in [-0.1, -0.05) is 121 Å². The highest BCUT2D eigenvalue weighted by molar-refractivity contribution is 7.26. The van der Waals surface area contributed by atoms with E-state index in [1.807, 2.05) is 11.3 Å². The Labute approximate surface area is 284 Å². The largest absolute Gasteiger partial charge is 0.455 e. The van der Waals surface area contributed by atoms with Gasteiger partial charge in [-0.2, -0.15) is 0 Å². The van der Waals surface area contributed by atoms with Crippen molar-refractivity contribution in [2.75, 3.05) is 0 Å². The van der Waals surface area contributed by atoms with Crippen molar-refractivity contribution in [3.63, 3.8) is 0 Å². The van der Waals surface area contributed by atoms with Gasteiger partial charge in [-0.15, -0.1) is 11.3 Å². The number of rotatable bonds is 2. The molecule has 12 rings (SSSR count). The summed E-state index contributed by atoms with van der Waals surface area (Å²) in [6.45, 7) is 0. The van der Waals surface area contributed by atoms with E-state index < -0.39 is 0 Å². The predicted molar refractivity (Wildman–Crippen MR) is 208 cm³/mol. The monoisotopic (exact) mass is 639 g/mol. The summed E-state index contributed by atoms with van der Waals surface area (Å²) in [6.07, 6.45) is 0. The Morgan fingerprint density at radius 3 is 2.02 bits per heavy atom. The molecule has 0 bridgehead atoms. The van der Waals surface area contributed by atoms with Gasteiger partial charge in [-0.05, 0) is 74.5 Å². The smallest absolute Gasteiger partial charge is 0.154 e. The van der Waals surface area contributed by atoms with Crippen LogP contribution in [-0.4, -0.2) is 4.57 Å². The van der Waals surface area contributed by atoms with E-state index >= 15 is 0 Å². The number of thiophene rings is 1. The fourth-order valence-electron chi connectivity index (χ4n) is 8.76. The van der Waals surface area contributed by atoms with Crippen molar-refractivity contribution in [2.24, 2.45) is 0 Å². The number of hydrogen-bond donors (Lipinski definition) is 0. The van der Waals surface area contributed by atoms with Crippen molar-refractivity contribution in [1.82, 2.24) is 4.57 Å². The maximum Gasteiger partial charge on any atom is 0.154 e. The van der Waals surface area contributed by atoms with Crippen LogP contribution in [0.1, 0.15) is 0 Å². The molecule has 3 heteroatoms. The van der Waals surface area contributed by atoms with Gasteiger partial charge in [0, 0.05) is 42.7 Å². The van der Waals surface area contributed by atoms with Crippen LogP contribution >= 0.6 is 11.3 Å². The van der Waals surface area contributed by atoms with Gasteiger partial charge in [0.2, 0.25) is 0 Å². The van der Waals surface area contributed by atoms with Crippen LogP contribution in [0.3, 0.4) is 0 Å². The highest BCUT2D eigenvalue weighted by atomic mass is 32.1. The van der Waals surface area contributed by atoms with E-state index in [1.165, 1.54) is 91.5 Å². The Morgan fingerprint density at radius 1 is 0.449 bits per heavy atom. The third kappa shape index (κ3) is 3.25. The van der Waals surface area contributed by atoms with Gasteiger partial charge in [0.05, 0.1) is 15.7 Å². The Morgan fingerprint density at radius 2 is 1.12 bits per heavy atom. The van der Waals surface area contributed by atoms with E-state index in [9.17, 15) is 0 Å². The molecular weight excluding hydrogens is 615 g/mol. The SMILES string of the molecule is c1cc(-c2ccc3c4c(cccc24)-c2ccccc2-3)cc(-n2c3ccccc3c3c4c5ccccc5oc4c4sc5ccccc5c4c32)c1. The summed E-state index contributed by atoms with van der Waals surface area (Å²) < 4.78 is 11.7. The molecule has 0 atom stereocenters. The normalized spacial score (nSPS) is 12.5. The molecule has 0 fully saturated rings. The van der Waals surface area contributed by atoms with Gasteiger partial charge in [0.1, 0.15) is 5.58 Å². The van der Waals surface area contributed by atoms with Gasteiger partial charge in [-0.25, -0.2) is 0 Å². The second kappa shape index (κ2) is 9.25. The molecule has 8 aromatic carbocycles. The third-order valence-electron chi connectivity index (χ3n) is 10.7. The maximum absolute atomic E-state index is 6.73. The minimum Gasteiger partial charge on any atom is -0.455 e. The highest BCUT2D eigenvalue weighted by Crippen LogP contribution is 2.52. The molecule has 0 N–H and O–H groups in total. The van der Waals surface area contributed by atoms with Crippen LogP contribution in [0, 0.1) is 0 Å². The molecule has 11 aromatic rings. The van der Waals surface area contributed by atoms with E-state index in [0.29, 0.717) is 0 Å². The molecule has 0 aliphatic heterocycles. The zero-order valence-electron chi connectivity index (χ0n) is 26.2. The number of aromatic nitrogens is 1. The van der Waals surface area contributed by atoms with E-state index in [-0.39, 0.29) is 0 Å². The summed E-state index contributed by atoms with van der Waals surface area (Å²) in [5.74, 6) is 0. The molecule has 226 valence electrons. The van der Waals surface area contributed by atoms with Gasteiger partial charge in [-0.3, -0.25) is 0 Å². The summed E-state index contributed by atoms with van der Waals surface area (Å²) >= 11 is 1.83. The van der Waals surface area contributed by atoms with Crippen molar-refractivity contribution in [1.29, 1.82) is 0 Å². The second-order valence-electron chi connectivity index (χ2n) is 13.2. The Bertz CT molecular complexity index is 3200. The highest BCUT2D eigenvalue weighted by Gasteiger charge is 2.26. The zero-order chi connectivity index (χ0) is 31.8. The molecule has 0 saturated heterocycles. The second-order valence-corrected chi connectivity index (χ2v) is 14.2. The summed E-state index contributed by atoms with van der Waals surface area (Å²) in [7, 11) is 0. The van der Waals surface area contributed by atoms with Crippen molar-refractivity contribution >= 4 is 86.0 Å². The quantitative estimate of drug-likeness (QED) is 0.184. The number of para-hydroxylation sites is 2. The number of hydrogen-bond acceptors (Lipinski definition) is 2. The molecule has 3 aromatic heterocycles. The van der Waals surface area contributed by atoms with Gasteiger partial charge in [0.15, 0.2) is 5.58 Å². The average molecular weight is 640 g/mol. The van der Waals surface area contributed by atoms with E-state index in [4.69, 9.17) is 4.42 Å². The molecule has 0 unspecified atom stereocenters. The summed E-state index contributed by atoms with van der Waals surface area (Å²) in [4.78, 5) is 0. The average Bonchev–Trinajstić information content (AvgIpc) is 3.91. The molecule has 0 amide bonds. The molecule has 1 aliphatic rings. The minimum absolute atomic E-state index is 0.928. The van der Waals surface area contributed by atoms with Gasteiger partial charge >= 0.3 is 0 Å². The van der Waals surface area contributed by atoms with Crippen LogP contribution in [0.15, 0.2) is 156 Å². The molecule has 0 saturated carbocycles. The third-order valence-corrected chi connectivity index (χ3v) is 11.9. The van der Waals surface area contributed by atoms with Crippen LogP contribution in [-0.2, 0) is 0 Å². The van der Waals surface area contributed by atoms with Gasteiger partial charge in [0.25, 0.3) is 0 Å². The first kappa shape index (κ1) is 25.9. The van der Waals surface area contributed by atoms with Crippen molar-refractivity contribution in [3.8, 4) is 39.1 Å². The zero-order valence-corrected chi connectivity index (χ0v) is 27.0. The maximum atomic E-state index is 6.73. The standard InChI is InChI=1S/C46H25NOS/c1-2-14-30-29(13-1)32-19-10-18-31-28(23-24-33(30)40(31)32)26-11-9-12-27(25-26)47-37-20-6-3-15-34(37)41-42-35-16-4-7-21-38(35)48-45(42)46-43(44(41)47)36-17-5-8-22-39(36)49-46/h1-25H. The summed E-state index contributed by atoms with van der Waals surface area (Å²) in [5.41, 5.74) is 13.3. The number of nitrogens with zero attached hydrogens (tertiary/aromatic N) is 1. The van der Waals surface area contributed by atoms with Crippen LogP contribution in [0.5, 0.6) is 0 Å². The Kier molecular flexibility index (Phi) is 4.89. The molecule has 49 heavy (non-hydrogen) atoms. The number of benzene rings is 8. The first-order valence-corrected chi connectivity index (χ1v) is 17.6. The van der Waals surface area contributed by atoms with Crippen LogP contribution in [0.4, 0.5) is 0 Å². The number of fused-ring (bicyclic) bond motifs is 15. The summed E-state index contributed by atoms with van der Waals surface area (Å²) in [5, 5.41) is 10.0. The first-order valence-electron chi connectivity index (χ1n) is 16.8. The van der Waals surface area contributed by atoms with E-state index in [1.54, 1.807) is 0 Å². The first-order chi connectivity index (χ1) is 24.3. The molecule has 3 heterocycles. The fraction of sp³-hybridized carbons (Fsp3) is 0. The molecule has 2 nitrogen and oxygen atoms in total. The van der Waals surface area contributed by atoms with Crippen LogP contribution < -0.4 is 0 Å². The minimum atomic E-state index is 0.928. The van der Waals surface area contributed by atoms with Crippen molar-refractivity contribution in [2.45, 2.75) is 0 Å². The fourth-order valence-corrected chi connectivity index (χ4v) is 9.96. The molecule has 0 radical (unpaired) electrons. The van der Waals surface area contributed by atoms with Crippen LogP contribution in [0.25, 0.3) is 114 Å². The predicted octanol–water partition coefficient (Wildman–Crippen LogP) is 13.5. The lowest BCUT2D eigenvalue weighted by molar-refractivity contribution is 0.673. The lowest BCUT2D eigenvalue weighted by atomic mass is 9.94. The lowest BCUT2D eigenvalue weighted by Gasteiger charge is -2.13. The molecular formula is C46H25NOS. The van der Waals surface area contributed by atoms with Crippen molar-refractivity contribution < 1.29 is 4.42 Å². The topological polar surface area (TPSA) is 18.1 Å². The molecule has 0 spiro atoms. The Hall–Kier alpha value is -6.16. The molecule has 1 aliphatic carbocycles. The Balaban J connectivity index is 1.22. The van der Waals surface area contributed by atoms with Gasteiger partial charge < -0.3 is 8.98 Å². The van der Waals surface area contributed by atoms with E-state index in [0.717, 1.165) is 22.2 Å². The van der Waals surface area contributed by atoms with Crippen molar-refractivity contribution in [3.05, 3.63) is 152 Å². The lowest BCUT2D eigenvalue weighted by Crippen LogP contribution is -1.95. The number of furan rings is 1. The van der Waals surface area contributed by atoms with Crippen LogP contribution in [0.2, 0.25) is 0 Å².